The Balaban J connectivity index is 2.21. The van der Waals surface area contributed by atoms with Crippen LogP contribution in [0.1, 0.15) is 51.7 Å². The third-order valence-corrected chi connectivity index (χ3v) is 3.77. The van der Waals surface area contributed by atoms with Crippen molar-refractivity contribution in [3.05, 3.63) is 23.9 Å². The third-order valence-electron chi connectivity index (χ3n) is 3.77. The van der Waals surface area contributed by atoms with Crippen LogP contribution in [0.25, 0.3) is 0 Å². The quantitative estimate of drug-likeness (QED) is 0.873. The summed E-state index contributed by atoms with van der Waals surface area (Å²) in [4.78, 5) is 6.92. The molecule has 1 N–H and O–H groups in total. The molecule has 1 aliphatic rings. The molecule has 2 heterocycles. The summed E-state index contributed by atoms with van der Waals surface area (Å²) in [5.74, 6) is 1.05. The number of aliphatic hydroxyl groups excluding tert-OH is 1. The third kappa shape index (κ3) is 2.44. The molecule has 17 heavy (non-hydrogen) atoms. The van der Waals surface area contributed by atoms with Crippen molar-refractivity contribution in [1.82, 2.24) is 4.98 Å². The van der Waals surface area contributed by atoms with E-state index < -0.39 is 6.10 Å². The molecule has 3 nitrogen and oxygen atoms in total. The van der Waals surface area contributed by atoms with E-state index in [1.807, 2.05) is 12.1 Å². The molecule has 0 saturated carbocycles. The average molecular weight is 234 g/mol. The minimum atomic E-state index is -0.436. The first-order chi connectivity index (χ1) is 8.13. The van der Waals surface area contributed by atoms with Crippen molar-refractivity contribution in [2.75, 3.05) is 4.90 Å². The molecule has 1 fully saturated rings. The highest BCUT2D eigenvalue weighted by Gasteiger charge is 2.30. The highest BCUT2D eigenvalue weighted by atomic mass is 16.3. The SMILES string of the molecule is CCC1CCC(C)N1c1ccc([C@H](C)O)cn1. The molecule has 0 spiro atoms. The summed E-state index contributed by atoms with van der Waals surface area (Å²) in [7, 11) is 0. The maximum atomic E-state index is 9.48. The highest BCUT2D eigenvalue weighted by Crippen LogP contribution is 2.30. The number of rotatable bonds is 3. The summed E-state index contributed by atoms with van der Waals surface area (Å²) in [6.45, 7) is 6.27. The zero-order valence-corrected chi connectivity index (χ0v) is 10.9. The zero-order chi connectivity index (χ0) is 12.4. The fourth-order valence-electron chi connectivity index (χ4n) is 2.68. The van der Waals surface area contributed by atoms with Crippen molar-refractivity contribution >= 4 is 5.82 Å². The summed E-state index contributed by atoms with van der Waals surface area (Å²) < 4.78 is 0. The second kappa shape index (κ2) is 5.05. The number of aliphatic hydroxyl groups is 1. The summed E-state index contributed by atoms with van der Waals surface area (Å²) >= 11 is 0. The summed E-state index contributed by atoms with van der Waals surface area (Å²) in [5.41, 5.74) is 0.883. The number of anilines is 1. The van der Waals surface area contributed by atoms with Gasteiger partial charge in [0.15, 0.2) is 0 Å². The van der Waals surface area contributed by atoms with Crippen molar-refractivity contribution in [2.45, 2.75) is 58.2 Å². The van der Waals surface area contributed by atoms with Gasteiger partial charge < -0.3 is 10.0 Å². The van der Waals surface area contributed by atoms with Crippen LogP contribution in [0.4, 0.5) is 5.82 Å². The van der Waals surface area contributed by atoms with Gasteiger partial charge in [-0.15, -0.1) is 0 Å². The summed E-state index contributed by atoms with van der Waals surface area (Å²) in [6, 6.07) is 5.21. The maximum absolute atomic E-state index is 9.48. The zero-order valence-electron chi connectivity index (χ0n) is 10.9. The van der Waals surface area contributed by atoms with Crippen molar-refractivity contribution in [1.29, 1.82) is 0 Å². The van der Waals surface area contributed by atoms with Gasteiger partial charge in [-0.3, -0.25) is 0 Å². The first-order valence-corrected chi connectivity index (χ1v) is 6.55. The van der Waals surface area contributed by atoms with Crippen molar-refractivity contribution in [3.63, 3.8) is 0 Å². The van der Waals surface area contributed by atoms with E-state index in [0.29, 0.717) is 12.1 Å². The predicted octanol–water partition coefficient (Wildman–Crippen LogP) is 2.90. The van der Waals surface area contributed by atoms with Crippen molar-refractivity contribution in [3.8, 4) is 0 Å². The van der Waals surface area contributed by atoms with Gasteiger partial charge in [-0.1, -0.05) is 13.0 Å². The lowest BCUT2D eigenvalue weighted by atomic mass is 10.1. The Labute approximate surface area is 103 Å². The molecule has 1 aromatic rings. The van der Waals surface area contributed by atoms with Crippen LogP contribution < -0.4 is 4.90 Å². The number of hydrogen-bond acceptors (Lipinski definition) is 3. The summed E-state index contributed by atoms with van der Waals surface area (Å²) in [6.07, 6.45) is 5.03. The van der Waals surface area contributed by atoms with E-state index in [4.69, 9.17) is 0 Å². The fraction of sp³-hybridized carbons (Fsp3) is 0.643. The molecule has 0 amide bonds. The predicted molar refractivity (Wildman–Crippen MR) is 70.1 cm³/mol. The van der Waals surface area contributed by atoms with Crippen LogP contribution in [0.5, 0.6) is 0 Å². The van der Waals surface area contributed by atoms with Crippen LogP contribution in [0.3, 0.4) is 0 Å². The Morgan fingerprint density at radius 2 is 2.24 bits per heavy atom. The molecule has 2 unspecified atom stereocenters. The van der Waals surface area contributed by atoms with E-state index in [1.165, 1.54) is 19.3 Å². The van der Waals surface area contributed by atoms with Gasteiger partial charge in [0.25, 0.3) is 0 Å². The topological polar surface area (TPSA) is 36.4 Å². The molecule has 3 heteroatoms. The molecular weight excluding hydrogens is 212 g/mol. The van der Waals surface area contributed by atoms with E-state index in [2.05, 4.69) is 23.7 Å². The smallest absolute Gasteiger partial charge is 0.128 e. The van der Waals surface area contributed by atoms with Gasteiger partial charge in [0, 0.05) is 18.3 Å². The van der Waals surface area contributed by atoms with Gasteiger partial charge in [0.1, 0.15) is 5.82 Å². The van der Waals surface area contributed by atoms with Gasteiger partial charge in [0.05, 0.1) is 6.10 Å². The van der Waals surface area contributed by atoms with Gasteiger partial charge >= 0.3 is 0 Å². The molecule has 94 valence electrons. The lowest BCUT2D eigenvalue weighted by molar-refractivity contribution is 0.199. The van der Waals surface area contributed by atoms with Crippen LogP contribution in [0.15, 0.2) is 18.3 Å². The standard InChI is InChI=1S/C14H22N2O/c1-4-13-7-5-10(2)16(13)14-8-6-12(9-15-14)11(3)17/h6,8-11,13,17H,4-5,7H2,1-3H3/t10?,11-,13?/m0/s1. The van der Waals surface area contributed by atoms with Crippen LogP contribution in [-0.4, -0.2) is 22.2 Å². The largest absolute Gasteiger partial charge is 0.389 e. The number of pyridine rings is 1. The Morgan fingerprint density at radius 3 is 2.76 bits per heavy atom. The van der Waals surface area contributed by atoms with Crippen LogP contribution in [0.2, 0.25) is 0 Å². The maximum Gasteiger partial charge on any atom is 0.128 e. The monoisotopic (exact) mass is 234 g/mol. The minimum Gasteiger partial charge on any atom is -0.389 e. The molecule has 0 bridgehead atoms. The number of aromatic nitrogens is 1. The van der Waals surface area contributed by atoms with Gasteiger partial charge in [-0.05, 0) is 44.7 Å². The Hall–Kier alpha value is -1.09. The highest BCUT2D eigenvalue weighted by molar-refractivity contribution is 5.43. The fourth-order valence-corrected chi connectivity index (χ4v) is 2.68. The van der Waals surface area contributed by atoms with E-state index in [1.54, 1.807) is 13.1 Å². The number of nitrogens with zero attached hydrogens (tertiary/aromatic N) is 2. The van der Waals surface area contributed by atoms with E-state index in [-0.39, 0.29) is 0 Å². The van der Waals surface area contributed by atoms with Crippen LogP contribution >= 0.6 is 0 Å². The molecule has 1 aliphatic heterocycles. The van der Waals surface area contributed by atoms with Gasteiger partial charge in [-0.2, -0.15) is 0 Å². The molecule has 3 atom stereocenters. The molecule has 1 saturated heterocycles. The van der Waals surface area contributed by atoms with Gasteiger partial charge in [0.2, 0.25) is 0 Å². The summed E-state index contributed by atoms with van der Waals surface area (Å²) in [5, 5.41) is 9.48. The molecule has 2 rings (SSSR count). The second-order valence-electron chi connectivity index (χ2n) is 5.02. The normalized spacial score (nSPS) is 26.2. The van der Waals surface area contributed by atoms with Crippen LogP contribution in [0, 0.1) is 0 Å². The van der Waals surface area contributed by atoms with Crippen molar-refractivity contribution < 1.29 is 5.11 Å². The number of hydrogen-bond donors (Lipinski definition) is 1. The molecule has 0 radical (unpaired) electrons. The molecule has 1 aromatic heterocycles. The minimum absolute atomic E-state index is 0.436. The van der Waals surface area contributed by atoms with Crippen LogP contribution in [-0.2, 0) is 0 Å². The average Bonchev–Trinajstić information content (AvgIpc) is 2.70. The first-order valence-electron chi connectivity index (χ1n) is 6.55. The molecule has 0 aliphatic carbocycles. The van der Waals surface area contributed by atoms with E-state index in [0.717, 1.165) is 11.4 Å². The lowest BCUT2D eigenvalue weighted by Crippen LogP contribution is -2.34. The molecule has 0 aromatic carbocycles. The lowest BCUT2D eigenvalue weighted by Gasteiger charge is -2.29. The van der Waals surface area contributed by atoms with E-state index in [9.17, 15) is 5.11 Å². The Bertz CT molecular complexity index is 361. The van der Waals surface area contributed by atoms with E-state index >= 15 is 0 Å². The van der Waals surface area contributed by atoms with Gasteiger partial charge in [-0.25, -0.2) is 4.98 Å². The van der Waals surface area contributed by atoms with Crippen molar-refractivity contribution in [2.24, 2.45) is 0 Å². The second-order valence-corrected chi connectivity index (χ2v) is 5.02. The Morgan fingerprint density at radius 1 is 1.47 bits per heavy atom. The molecular formula is C14H22N2O. The first kappa shape index (κ1) is 12.4. The Kier molecular flexibility index (Phi) is 3.67.